The Kier molecular flexibility index (Phi) is 4.62. The van der Waals surface area contributed by atoms with Crippen LogP contribution in [-0.4, -0.2) is 35.5 Å². The van der Waals surface area contributed by atoms with E-state index in [0.29, 0.717) is 22.6 Å². The predicted octanol–water partition coefficient (Wildman–Crippen LogP) is 2.71. The Morgan fingerprint density at radius 1 is 1.48 bits per heavy atom. The molecule has 0 bridgehead atoms. The SMILES string of the molecule is Cc1nn([C@@H]2CCS(=O)(=O)C2)c(C)c1/C=C(\C#N)C(=O)c1cccs1. The van der Waals surface area contributed by atoms with Crippen molar-refractivity contribution in [2.75, 3.05) is 11.5 Å². The predicted molar refractivity (Wildman–Crippen MR) is 96.2 cm³/mol. The van der Waals surface area contributed by atoms with Gasteiger partial charge in [-0.25, -0.2) is 8.42 Å². The molecule has 0 unspecified atom stereocenters. The van der Waals surface area contributed by atoms with Gasteiger partial charge >= 0.3 is 0 Å². The quantitative estimate of drug-likeness (QED) is 0.465. The molecule has 0 spiro atoms. The highest BCUT2D eigenvalue weighted by atomic mass is 32.2. The number of carbonyl (C=O) groups excluding carboxylic acids is 1. The van der Waals surface area contributed by atoms with E-state index in [1.54, 1.807) is 35.2 Å². The molecular weight excluding hydrogens is 358 g/mol. The first-order chi connectivity index (χ1) is 11.8. The standard InChI is InChI=1S/C17H17N3O3S2/c1-11-15(8-13(9-18)17(21)16-4-3-6-24-16)12(2)20(19-11)14-5-7-25(22,23)10-14/h3-4,6,8,14H,5,7,10H2,1-2H3/b13-8+/t14-/m1/s1. The van der Waals surface area contributed by atoms with Crippen molar-refractivity contribution in [3.05, 3.63) is 44.9 Å². The normalized spacial score (nSPS) is 19.7. The number of nitrogens with zero attached hydrogens (tertiary/aromatic N) is 3. The molecular formula is C17H17N3O3S2. The second-order valence-electron chi connectivity index (χ2n) is 6.06. The number of Topliss-reactive ketones (excluding diaryl/α,β-unsaturated/α-hetero) is 1. The Morgan fingerprint density at radius 3 is 2.80 bits per heavy atom. The van der Waals surface area contributed by atoms with Gasteiger partial charge in [0.2, 0.25) is 5.78 Å². The lowest BCUT2D eigenvalue weighted by atomic mass is 10.1. The van der Waals surface area contributed by atoms with E-state index in [0.717, 1.165) is 5.69 Å². The summed E-state index contributed by atoms with van der Waals surface area (Å²) >= 11 is 1.29. The average molecular weight is 375 g/mol. The highest BCUT2D eigenvalue weighted by Gasteiger charge is 2.31. The zero-order valence-electron chi connectivity index (χ0n) is 13.9. The Labute approximate surface area is 150 Å². The Hall–Kier alpha value is -2.24. The summed E-state index contributed by atoms with van der Waals surface area (Å²) in [7, 11) is -3.02. The van der Waals surface area contributed by atoms with Gasteiger partial charge in [-0.05, 0) is 37.8 Å². The zero-order valence-corrected chi connectivity index (χ0v) is 15.5. The molecule has 130 valence electrons. The Bertz CT molecular complexity index is 993. The first kappa shape index (κ1) is 17.6. The fourth-order valence-electron chi connectivity index (χ4n) is 3.04. The van der Waals surface area contributed by atoms with Crippen LogP contribution in [0.4, 0.5) is 0 Å². The van der Waals surface area contributed by atoms with Crippen molar-refractivity contribution < 1.29 is 13.2 Å². The molecule has 2 aromatic rings. The number of aromatic nitrogens is 2. The topological polar surface area (TPSA) is 92.8 Å². The van der Waals surface area contributed by atoms with Crippen molar-refractivity contribution in [1.29, 1.82) is 5.26 Å². The molecule has 1 saturated heterocycles. The molecule has 0 amide bonds. The van der Waals surface area contributed by atoms with Crippen LogP contribution in [0.2, 0.25) is 0 Å². The third-order valence-electron chi connectivity index (χ3n) is 4.33. The minimum atomic E-state index is -3.02. The van der Waals surface area contributed by atoms with E-state index in [9.17, 15) is 18.5 Å². The van der Waals surface area contributed by atoms with E-state index < -0.39 is 9.84 Å². The summed E-state index contributed by atoms with van der Waals surface area (Å²) in [6, 6.07) is 5.23. The highest BCUT2D eigenvalue weighted by Crippen LogP contribution is 2.28. The number of ketones is 1. The molecule has 3 heterocycles. The molecule has 0 aromatic carbocycles. The number of allylic oxidation sites excluding steroid dienone is 1. The number of aryl methyl sites for hydroxylation is 1. The fourth-order valence-corrected chi connectivity index (χ4v) is 5.41. The van der Waals surface area contributed by atoms with Gasteiger partial charge in [0.1, 0.15) is 11.6 Å². The second-order valence-corrected chi connectivity index (χ2v) is 9.24. The molecule has 0 saturated carbocycles. The molecule has 2 aromatic heterocycles. The monoisotopic (exact) mass is 375 g/mol. The van der Waals surface area contributed by atoms with Crippen LogP contribution in [0.5, 0.6) is 0 Å². The maximum atomic E-state index is 12.4. The van der Waals surface area contributed by atoms with Crippen molar-refractivity contribution in [1.82, 2.24) is 9.78 Å². The van der Waals surface area contributed by atoms with Gasteiger partial charge in [0, 0.05) is 11.3 Å². The molecule has 25 heavy (non-hydrogen) atoms. The van der Waals surface area contributed by atoms with Crippen molar-refractivity contribution in [3.63, 3.8) is 0 Å². The van der Waals surface area contributed by atoms with E-state index >= 15 is 0 Å². The molecule has 3 rings (SSSR count). The van der Waals surface area contributed by atoms with Crippen molar-refractivity contribution in [2.45, 2.75) is 26.3 Å². The van der Waals surface area contributed by atoms with Crippen LogP contribution in [0.1, 0.15) is 39.1 Å². The fraction of sp³-hybridized carbons (Fsp3) is 0.353. The molecule has 1 aliphatic heterocycles. The number of nitriles is 1. The Morgan fingerprint density at radius 2 is 2.24 bits per heavy atom. The van der Waals surface area contributed by atoms with Crippen LogP contribution in [0.25, 0.3) is 6.08 Å². The number of sulfone groups is 1. The van der Waals surface area contributed by atoms with E-state index in [-0.39, 0.29) is 28.9 Å². The maximum Gasteiger partial charge on any atom is 0.213 e. The summed E-state index contributed by atoms with van der Waals surface area (Å²) in [6.07, 6.45) is 2.09. The lowest BCUT2D eigenvalue weighted by Gasteiger charge is -2.11. The lowest BCUT2D eigenvalue weighted by Crippen LogP contribution is -2.14. The molecule has 8 heteroatoms. The first-order valence-corrected chi connectivity index (χ1v) is 10.5. The van der Waals surface area contributed by atoms with Crippen LogP contribution in [0.3, 0.4) is 0 Å². The van der Waals surface area contributed by atoms with E-state index in [1.807, 2.05) is 13.0 Å². The van der Waals surface area contributed by atoms with Gasteiger partial charge in [0.15, 0.2) is 9.84 Å². The Balaban J connectivity index is 1.98. The van der Waals surface area contributed by atoms with Crippen LogP contribution >= 0.6 is 11.3 Å². The van der Waals surface area contributed by atoms with E-state index in [4.69, 9.17) is 0 Å². The summed E-state index contributed by atoms with van der Waals surface area (Å²) in [5.74, 6) is -0.0637. The minimum Gasteiger partial charge on any atom is -0.287 e. The van der Waals surface area contributed by atoms with Gasteiger partial charge in [-0.1, -0.05) is 6.07 Å². The van der Waals surface area contributed by atoms with E-state index in [2.05, 4.69) is 5.10 Å². The molecule has 0 radical (unpaired) electrons. The number of thiophene rings is 1. The average Bonchev–Trinajstić information content (AvgIpc) is 3.26. The van der Waals surface area contributed by atoms with Gasteiger partial charge in [-0.2, -0.15) is 10.4 Å². The van der Waals surface area contributed by atoms with Crippen LogP contribution in [-0.2, 0) is 9.84 Å². The summed E-state index contributed by atoms with van der Waals surface area (Å²) in [5.41, 5.74) is 2.19. The van der Waals surface area contributed by atoms with Gasteiger partial charge in [-0.3, -0.25) is 9.48 Å². The van der Waals surface area contributed by atoms with Crippen molar-refractivity contribution >= 4 is 33.0 Å². The van der Waals surface area contributed by atoms with Crippen molar-refractivity contribution in [2.24, 2.45) is 0 Å². The largest absolute Gasteiger partial charge is 0.287 e. The number of rotatable bonds is 4. The lowest BCUT2D eigenvalue weighted by molar-refractivity contribution is 0.104. The first-order valence-electron chi connectivity index (χ1n) is 7.78. The maximum absolute atomic E-state index is 12.4. The molecule has 0 N–H and O–H groups in total. The third kappa shape index (κ3) is 3.43. The van der Waals surface area contributed by atoms with Gasteiger partial charge in [0.25, 0.3) is 0 Å². The summed E-state index contributed by atoms with van der Waals surface area (Å²) in [5, 5.41) is 15.6. The molecule has 0 aliphatic carbocycles. The third-order valence-corrected chi connectivity index (χ3v) is 6.95. The van der Waals surface area contributed by atoms with Gasteiger partial charge in [0.05, 0.1) is 28.1 Å². The highest BCUT2D eigenvalue weighted by molar-refractivity contribution is 7.91. The molecule has 1 atom stereocenters. The van der Waals surface area contributed by atoms with Gasteiger partial charge in [-0.15, -0.1) is 11.3 Å². The number of hydrogen-bond acceptors (Lipinski definition) is 6. The van der Waals surface area contributed by atoms with Gasteiger partial charge < -0.3 is 0 Å². The molecule has 1 aliphatic rings. The zero-order chi connectivity index (χ0) is 18.2. The molecule has 1 fully saturated rings. The number of carbonyl (C=O) groups is 1. The molecule has 6 nitrogen and oxygen atoms in total. The smallest absolute Gasteiger partial charge is 0.213 e. The van der Waals surface area contributed by atoms with Crippen LogP contribution in [0.15, 0.2) is 23.1 Å². The summed E-state index contributed by atoms with van der Waals surface area (Å²) < 4.78 is 25.2. The van der Waals surface area contributed by atoms with E-state index in [1.165, 1.54) is 11.3 Å². The second kappa shape index (κ2) is 6.58. The minimum absolute atomic E-state index is 0.0484. The van der Waals surface area contributed by atoms with Crippen molar-refractivity contribution in [3.8, 4) is 6.07 Å². The summed E-state index contributed by atoms with van der Waals surface area (Å²) in [6.45, 7) is 3.63. The van der Waals surface area contributed by atoms with Crippen LogP contribution < -0.4 is 0 Å². The van der Waals surface area contributed by atoms with Crippen LogP contribution in [0, 0.1) is 25.2 Å². The summed E-state index contributed by atoms with van der Waals surface area (Å²) in [4.78, 5) is 12.9. The number of hydrogen-bond donors (Lipinski definition) is 0.